The molecule has 2 aromatic rings. The van der Waals surface area contributed by atoms with E-state index in [1.807, 2.05) is 0 Å². The second-order valence-corrected chi connectivity index (χ2v) is 9.24. The second-order valence-electron chi connectivity index (χ2n) is 7.33. The number of carbonyl (C=O) groups excluding carboxylic acids is 1. The van der Waals surface area contributed by atoms with Crippen molar-refractivity contribution in [3.05, 3.63) is 34.8 Å². The van der Waals surface area contributed by atoms with Gasteiger partial charge in [0.1, 0.15) is 10.7 Å². The molecule has 2 aliphatic rings. The van der Waals surface area contributed by atoms with Crippen LogP contribution in [0.15, 0.2) is 17.2 Å². The van der Waals surface area contributed by atoms with Crippen molar-refractivity contribution in [3.63, 3.8) is 0 Å². The molecule has 0 saturated carbocycles. The Balaban J connectivity index is 1.65. The minimum Gasteiger partial charge on any atom is -0.383 e. The van der Waals surface area contributed by atoms with Gasteiger partial charge in [0.2, 0.25) is 10.0 Å². The highest BCUT2D eigenvalue weighted by Crippen LogP contribution is 2.28. The van der Waals surface area contributed by atoms with E-state index in [9.17, 15) is 13.2 Å². The van der Waals surface area contributed by atoms with Crippen LogP contribution < -0.4 is 5.73 Å². The topological polar surface area (TPSA) is 114 Å². The average molecular weight is 404 g/mol. The standard InChI is InChI=1S/C18H24N6O3S/c1-12-16(10-20-22(12)2)28(26,27)24-8-5-15-13(11-24)9-14(17(19)21-15)18(25)23-6-3-4-7-23/h9-10H,3-8,11H2,1-2H3,(H2,19,21). The normalized spacial score (nSPS) is 17.7. The first kappa shape index (κ1) is 18.9. The Morgan fingerprint density at radius 2 is 1.93 bits per heavy atom. The first-order valence-corrected chi connectivity index (χ1v) is 10.8. The maximum absolute atomic E-state index is 13.1. The molecule has 28 heavy (non-hydrogen) atoms. The SMILES string of the molecule is Cc1c(S(=O)(=O)N2CCc3nc(N)c(C(=O)N4CCCC4)cc3C2)cnn1C. The molecule has 2 aliphatic heterocycles. The van der Waals surface area contributed by atoms with Crippen molar-refractivity contribution in [1.29, 1.82) is 0 Å². The summed E-state index contributed by atoms with van der Waals surface area (Å²) in [4.78, 5) is 19.2. The lowest BCUT2D eigenvalue weighted by Crippen LogP contribution is -2.37. The molecule has 4 rings (SSSR count). The fourth-order valence-electron chi connectivity index (χ4n) is 3.80. The molecule has 1 saturated heterocycles. The Bertz CT molecular complexity index is 1040. The monoisotopic (exact) mass is 404 g/mol. The Labute approximate surface area is 164 Å². The number of hydrogen-bond acceptors (Lipinski definition) is 6. The van der Waals surface area contributed by atoms with Crippen LogP contribution in [0, 0.1) is 6.92 Å². The van der Waals surface area contributed by atoms with Crippen molar-refractivity contribution in [2.24, 2.45) is 7.05 Å². The maximum atomic E-state index is 13.1. The van der Waals surface area contributed by atoms with Crippen LogP contribution in [0.1, 0.15) is 40.2 Å². The minimum absolute atomic E-state index is 0.131. The largest absolute Gasteiger partial charge is 0.383 e. The zero-order valence-electron chi connectivity index (χ0n) is 16.1. The van der Waals surface area contributed by atoms with Gasteiger partial charge in [-0.3, -0.25) is 9.48 Å². The highest BCUT2D eigenvalue weighted by Gasteiger charge is 2.33. The molecule has 0 aliphatic carbocycles. The molecular formula is C18H24N6O3S. The smallest absolute Gasteiger partial charge is 0.257 e. The number of amides is 1. The maximum Gasteiger partial charge on any atom is 0.257 e. The van der Waals surface area contributed by atoms with Crippen LogP contribution in [0.5, 0.6) is 0 Å². The lowest BCUT2D eigenvalue weighted by Gasteiger charge is -2.28. The summed E-state index contributed by atoms with van der Waals surface area (Å²) in [6, 6.07) is 1.72. The van der Waals surface area contributed by atoms with Crippen molar-refractivity contribution >= 4 is 21.7 Å². The van der Waals surface area contributed by atoms with Gasteiger partial charge in [-0.1, -0.05) is 0 Å². The molecule has 0 aromatic carbocycles. The second kappa shape index (κ2) is 6.85. The Morgan fingerprint density at radius 3 is 2.57 bits per heavy atom. The van der Waals surface area contributed by atoms with Gasteiger partial charge in [0.25, 0.3) is 5.91 Å². The van der Waals surface area contributed by atoms with Gasteiger partial charge >= 0.3 is 0 Å². The number of hydrogen-bond donors (Lipinski definition) is 1. The van der Waals surface area contributed by atoms with Crippen LogP contribution in [0.2, 0.25) is 0 Å². The quantitative estimate of drug-likeness (QED) is 0.805. The van der Waals surface area contributed by atoms with Crippen LogP contribution in [-0.2, 0) is 30.0 Å². The van der Waals surface area contributed by atoms with Gasteiger partial charge in [0.05, 0.1) is 17.5 Å². The van der Waals surface area contributed by atoms with E-state index < -0.39 is 10.0 Å². The Morgan fingerprint density at radius 1 is 1.21 bits per heavy atom. The first-order valence-electron chi connectivity index (χ1n) is 9.35. The summed E-state index contributed by atoms with van der Waals surface area (Å²) in [6.45, 7) is 3.65. The number of carbonyl (C=O) groups is 1. The molecule has 0 atom stereocenters. The van der Waals surface area contributed by atoms with E-state index in [0.717, 1.165) is 37.2 Å². The van der Waals surface area contributed by atoms with Gasteiger partial charge in [0, 0.05) is 45.3 Å². The number of aryl methyl sites for hydroxylation is 1. The third kappa shape index (κ3) is 3.06. The molecule has 0 radical (unpaired) electrons. The van der Waals surface area contributed by atoms with Crippen molar-refractivity contribution in [3.8, 4) is 0 Å². The van der Waals surface area contributed by atoms with Crippen LogP contribution in [0.3, 0.4) is 0 Å². The van der Waals surface area contributed by atoms with E-state index in [1.165, 1.54) is 10.5 Å². The summed E-state index contributed by atoms with van der Waals surface area (Å²) < 4.78 is 29.1. The highest BCUT2D eigenvalue weighted by molar-refractivity contribution is 7.89. The average Bonchev–Trinajstić information content (AvgIpc) is 3.31. The summed E-state index contributed by atoms with van der Waals surface area (Å²) in [5.74, 6) is 0.0865. The lowest BCUT2D eigenvalue weighted by molar-refractivity contribution is 0.0793. The zero-order chi connectivity index (χ0) is 20.1. The molecule has 2 aromatic heterocycles. The molecule has 0 spiro atoms. The van der Waals surface area contributed by atoms with Gasteiger partial charge in [-0.05, 0) is 31.4 Å². The molecule has 10 heteroatoms. The summed E-state index contributed by atoms with van der Waals surface area (Å²) in [7, 11) is -1.97. The Kier molecular flexibility index (Phi) is 4.62. The van der Waals surface area contributed by atoms with E-state index in [1.54, 1.807) is 29.6 Å². The highest BCUT2D eigenvalue weighted by atomic mass is 32.2. The molecule has 4 heterocycles. The van der Waals surface area contributed by atoms with Crippen molar-refractivity contribution in [2.45, 2.75) is 37.6 Å². The van der Waals surface area contributed by atoms with E-state index >= 15 is 0 Å². The van der Waals surface area contributed by atoms with Gasteiger partial charge in [-0.15, -0.1) is 0 Å². The molecular weight excluding hydrogens is 380 g/mol. The number of anilines is 1. The molecule has 150 valence electrons. The third-order valence-corrected chi connectivity index (χ3v) is 7.55. The zero-order valence-corrected chi connectivity index (χ0v) is 16.9. The summed E-state index contributed by atoms with van der Waals surface area (Å²) in [5.41, 5.74) is 8.48. The molecule has 2 N–H and O–H groups in total. The van der Waals surface area contributed by atoms with Gasteiger partial charge < -0.3 is 10.6 Å². The van der Waals surface area contributed by atoms with E-state index in [-0.39, 0.29) is 23.2 Å². The number of nitrogen functional groups attached to an aromatic ring is 1. The summed E-state index contributed by atoms with van der Waals surface area (Å²) in [6.07, 6.45) is 3.81. The van der Waals surface area contributed by atoms with Crippen molar-refractivity contribution in [2.75, 3.05) is 25.4 Å². The molecule has 0 bridgehead atoms. The number of pyridine rings is 1. The third-order valence-electron chi connectivity index (χ3n) is 5.60. The van der Waals surface area contributed by atoms with Gasteiger partial charge in [0.15, 0.2) is 0 Å². The number of rotatable bonds is 3. The fourth-order valence-corrected chi connectivity index (χ4v) is 5.40. The number of likely N-dealkylation sites (tertiary alicyclic amines) is 1. The summed E-state index contributed by atoms with van der Waals surface area (Å²) >= 11 is 0. The minimum atomic E-state index is -3.68. The predicted octanol–water partition coefficient (Wildman–Crippen LogP) is 0.689. The number of aromatic nitrogens is 3. The van der Waals surface area contributed by atoms with Gasteiger partial charge in [-0.2, -0.15) is 9.40 Å². The van der Waals surface area contributed by atoms with Crippen molar-refractivity contribution in [1.82, 2.24) is 24.0 Å². The van der Waals surface area contributed by atoms with Crippen LogP contribution in [0.25, 0.3) is 0 Å². The predicted molar refractivity (Wildman–Crippen MR) is 103 cm³/mol. The molecule has 9 nitrogen and oxygen atoms in total. The first-order chi connectivity index (χ1) is 13.3. The van der Waals surface area contributed by atoms with Gasteiger partial charge in [-0.25, -0.2) is 13.4 Å². The Hall–Kier alpha value is -2.46. The molecule has 1 amide bonds. The fraction of sp³-hybridized carbons (Fsp3) is 0.500. The van der Waals surface area contributed by atoms with Crippen molar-refractivity contribution < 1.29 is 13.2 Å². The van der Waals surface area contributed by atoms with Crippen LogP contribution >= 0.6 is 0 Å². The van der Waals surface area contributed by atoms with E-state index in [2.05, 4.69) is 10.1 Å². The number of nitrogens with zero attached hydrogens (tertiary/aromatic N) is 5. The van der Waals surface area contributed by atoms with Crippen LogP contribution in [-0.4, -0.2) is 57.9 Å². The summed E-state index contributed by atoms with van der Waals surface area (Å²) in [5, 5.41) is 4.05. The van der Waals surface area contributed by atoms with E-state index in [4.69, 9.17) is 5.73 Å². The number of nitrogens with two attached hydrogens (primary N) is 1. The van der Waals surface area contributed by atoms with Crippen LogP contribution in [0.4, 0.5) is 5.82 Å². The lowest BCUT2D eigenvalue weighted by atomic mass is 10.0. The van der Waals surface area contributed by atoms with E-state index in [0.29, 0.717) is 24.2 Å². The number of sulfonamides is 1. The molecule has 1 fully saturated rings. The molecule has 0 unspecified atom stereocenters. The number of fused-ring (bicyclic) bond motifs is 1.